The first-order valence-electron chi connectivity index (χ1n) is 10.3. The lowest BCUT2D eigenvalue weighted by Gasteiger charge is -2.63. The standard InChI is InChI=1S/C22H32/c1-21-9-13-3-14(10-21)6-17(5-13)19(21)20-18-7-15-4-16(8-18)12-22(20,2)11-15/h13-18H,3-12H2,1-2H3/b20-19-. The molecule has 8 aliphatic carbocycles. The molecule has 120 valence electrons. The second-order valence-corrected chi connectivity index (χ2v) is 11.0. The quantitative estimate of drug-likeness (QED) is 0.483. The van der Waals surface area contributed by atoms with Crippen LogP contribution in [0.25, 0.3) is 0 Å². The van der Waals surface area contributed by atoms with Crippen LogP contribution in [0.4, 0.5) is 0 Å². The number of rotatable bonds is 0. The van der Waals surface area contributed by atoms with Crippen LogP contribution in [0.15, 0.2) is 11.1 Å². The van der Waals surface area contributed by atoms with Gasteiger partial charge in [0.15, 0.2) is 0 Å². The molecule has 0 heteroatoms. The van der Waals surface area contributed by atoms with Crippen molar-refractivity contribution >= 4 is 0 Å². The van der Waals surface area contributed by atoms with E-state index in [1.807, 2.05) is 0 Å². The summed E-state index contributed by atoms with van der Waals surface area (Å²) >= 11 is 0. The molecule has 0 aromatic carbocycles. The van der Waals surface area contributed by atoms with E-state index in [9.17, 15) is 0 Å². The summed E-state index contributed by atoms with van der Waals surface area (Å²) in [6.07, 6.45) is 15.6. The van der Waals surface area contributed by atoms with Crippen molar-refractivity contribution in [2.24, 2.45) is 46.3 Å². The predicted molar refractivity (Wildman–Crippen MR) is 90.4 cm³/mol. The molecule has 8 bridgehead atoms. The highest BCUT2D eigenvalue weighted by molar-refractivity contribution is 5.38. The van der Waals surface area contributed by atoms with Gasteiger partial charge in [0.1, 0.15) is 0 Å². The van der Waals surface area contributed by atoms with Gasteiger partial charge in [0, 0.05) is 0 Å². The zero-order valence-electron chi connectivity index (χ0n) is 14.5. The Bertz CT molecular complexity index is 489. The van der Waals surface area contributed by atoms with Gasteiger partial charge < -0.3 is 0 Å². The molecule has 0 radical (unpaired) electrons. The lowest BCUT2D eigenvalue weighted by molar-refractivity contribution is -0.0175. The molecule has 8 rings (SSSR count). The molecule has 0 spiro atoms. The SMILES string of the molecule is CC12CC3CC(CC(C3)/C1=C1\C3CC4CC(C3)CC1(C)C4)C2. The van der Waals surface area contributed by atoms with E-state index in [0.29, 0.717) is 10.8 Å². The molecule has 8 aliphatic rings. The third-order valence-corrected chi connectivity index (χ3v) is 9.17. The third kappa shape index (κ3) is 1.51. The van der Waals surface area contributed by atoms with E-state index in [4.69, 9.17) is 0 Å². The highest BCUT2D eigenvalue weighted by atomic mass is 14.6. The van der Waals surface area contributed by atoms with Crippen molar-refractivity contribution in [2.75, 3.05) is 0 Å². The first-order chi connectivity index (χ1) is 10.5. The van der Waals surface area contributed by atoms with Gasteiger partial charge in [-0.3, -0.25) is 0 Å². The highest BCUT2D eigenvalue weighted by Crippen LogP contribution is 2.69. The Kier molecular flexibility index (Phi) is 2.30. The molecule has 0 aromatic rings. The van der Waals surface area contributed by atoms with Crippen molar-refractivity contribution in [3.8, 4) is 0 Å². The van der Waals surface area contributed by atoms with Crippen LogP contribution in [0.3, 0.4) is 0 Å². The number of hydrogen-bond acceptors (Lipinski definition) is 0. The molecule has 0 aromatic heterocycles. The Morgan fingerprint density at radius 3 is 1.14 bits per heavy atom. The van der Waals surface area contributed by atoms with E-state index in [-0.39, 0.29) is 0 Å². The van der Waals surface area contributed by atoms with E-state index >= 15 is 0 Å². The molecular formula is C22H32. The molecule has 8 saturated carbocycles. The number of hydrogen-bond donors (Lipinski definition) is 0. The smallest absolute Gasteiger partial charge is 0.0105 e. The van der Waals surface area contributed by atoms with Gasteiger partial charge in [0.2, 0.25) is 0 Å². The molecule has 0 N–H and O–H groups in total. The maximum atomic E-state index is 2.69. The van der Waals surface area contributed by atoms with Crippen LogP contribution in [0.5, 0.6) is 0 Å². The fourth-order valence-electron chi connectivity index (χ4n) is 9.50. The van der Waals surface area contributed by atoms with E-state index < -0.39 is 0 Å². The van der Waals surface area contributed by atoms with E-state index in [0.717, 1.165) is 35.5 Å². The zero-order chi connectivity index (χ0) is 14.7. The summed E-state index contributed by atoms with van der Waals surface area (Å²) < 4.78 is 0. The molecule has 22 heavy (non-hydrogen) atoms. The summed E-state index contributed by atoms with van der Waals surface area (Å²) in [6, 6.07) is 0. The largest absolute Gasteiger partial charge is 0.0611 e. The molecule has 0 heterocycles. The van der Waals surface area contributed by atoms with Crippen molar-refractivity contribution in [1.29, 1.82) is 0 Å². The molecule has 0 nitrogen and oxygen atoms in total. The summed E-state index contributed by atoms with van der Waals surface area (Å²) in [6.45, 7) is 5.38. The van der Waals surface area contributed by atoms with Gasteiger partial charge >= 0.3 is 0 Å². The number of allylic oxidation sites excluding steroid dienone is 2. The fourth-order valence-corrected chi connectivity index (χ4v) is 9.50. The lowest BCUT2D eigenvalue weighted by Crippen LogP contribution is -2.52. The van der Waals surface area contributed by atoms with E-state index in [1.54, 1.807) is 64.2 Å². The molecule has 4 unspecified atom stereocenters. The first-order valence-corrected chi connectivity index (χ1v) is 10.3. The molecule has 0 aliphatic heterocycles. The first kappa shape index (κ1) is 13.1. The fraction of sp³-hybridized carbons (Fsp3) is 0.909. The second-order valence-electron chi connectivity index (χ2n) is 11.0. The monoisotopic (exact) mass is 296 g/mol. The summed E-state index contributed by atoms with van der Waals surface area (Å²) in [5.74, 6) is 6.40. The van der Waals surface area contributed by atoms with Crippen molar-refractivity contribution in [3.05, 3.63) is 11.1 Å². The minimum atomic E-state index is 0.627. The van der Waals surface area contributed by atoms with Crippen LogP contribution in [-0.2, 0) is 0 Å². The van der Waals surface area contributed by atoms with Crippen molar-refractivity contribution in [2.45, 2.75) is 78.1 Å². The van der Waals surface area contributed by atoms with Gasteiger partial charge in [0.25, 0.3) is 0 Å². The van der Waals surface area contributed by atoms with Crippen LogP contribution < -0.4 is 0 Å². The van der Waals surface area contributed by atoms with E-state index in [1.165, 1.54) is 0 Å². The molecule has 8 fully saturated rings. The van der Waals surface area contributed by atoms with Crippen molar-refractivity contribution in [1.82, 2.24) is 0 Å². The van der Waals surface area contributed by atoms with Gasteiger partial charge in [-0.2, -0.15) is 0 Å². The Morgan fingerprint density at radius 1 is 0.545 bits per heavy atom. The Hall–Kier alpha value is -0.260. The zero-order valence-corrected chi connectivity index (χ0v) is 14.5. The topological polar surface area (TPSA) is 0 Å². The van der Waals surface area contributed by atoms with Crippen LogP contribution in [0.1, 0.15) is 78.1 Å². The summed E-state index contributed by atoms with van der Waals surface area (Å²) in [5, 5.41) is 0. The Morgan fingerprint density at radius 2 is 0.864 bits per heavy atom. The molecule has 0 amide bonds. The molecular weight excluding hydrogens is 264 g/mol. The Labute approximate surface area is 136 Å². The normalized spacial score (nSPS) is 64.6. The predicted octanol–water partition coefficient (Wildman–Crippen LogP) is 5.98. The van der Waals surface area contributed by atoms with Crippen LogP contribution in [0.2, 0.25) is 0 Å². The van der Waals surface area contributed by atoms with Crippen molar-refractivity contribution in [3.63, 3.8) is 0 Å². The van der Waals surface area contributed by atoms with E-state index in [2.05, 4.69) is 25.0 Å². The highest BCUT2D eigenvalue weighted by Gasteiger charge is 2.58. The van der Waals surface area contributed by atoms with Crippen LogP contribution in [-0.4, -0.2) is 0 Å². The summed E-state index contributed by atoms with van der Waals surface area (Å²) in [5.41, 5.74) is 5.40. The summed E-state index contributed by atoms with van der Waals surface area (Å²) in [7, 11) is 0. The average molecular weight is 296 g/mol. The van der Waals surface area contributed by atoms with Crippen LogP contribution in [0, 0.1) is 46.3 Å². The average Bonchev–Trinajstić information content (AvgIpc) is 2.38. The van der Waals surface area contributed by atoms with Gasteiger partial charge in [-0.25, -0.2) is 0 Å². The molecule has 0 saturated heterocycles. The van der Waals surface area contributed by atoms with Gasteiger partial charge in [-0.15, -0.1) is 0 Å². The van der Waals surface area contributed by atoms with Crippen LogP contribution >= 0.6 is 0 Å². The lowest BCUT2D eigenvalue weighted by atomic mass is 9.41. The molecule has 4 atom stereocenters. The maximum absolute atomic E-state index is 2.69. The van der Waals surface area contributed by atoms with Crippen molar-refractivity contribution < 1.29 is 0 Å². The summed E-state index contributed by atoms with van der Waals surface area (Å²) in [4.78, 5) is 0. The van der Waals surface area contributed by atoms with Gasteiger partial charge in [-0.1, -0.05) is 25.0 Å². The minimum absolute atomic E-state index is 0.627. The minimum Gasteiger partial charge on any atom is -0.0611 e. The Balaban J connectivity index is 1.53. The van der Waals surface area contributed by atoms with Gasteiger partial charge in [0.05, 0.1) is 0 Å². The third-order valence-electron chi connectivity index (χ3n) is 9.17. The van der Waals surface area contributed by atoms with Gasteiger partial charge in [-0.05, 0) is 111 Å². The maximum Gasteiger partial charge on any atom is -0.0105 e. The second kappa shape index (κ2) is 3.86.